The maximum absolute atomic E-state index is 10.5. The molecule has 0 amide bonds. The summed E-state index contributed by atoms with van der Waals surface area (Å²) < 4.78 is 11.5. The molecular formula is C13H16BrClO3. The molecule has 1 aliphatic rings. The van der Waals surface area contributed by atoms with Gasteiger partial charge in [0, 0.05) is 23.1 Å². The molecule has 1 aromatic rings. The summed E-state index contributed by atoms with van der Waals surface area (Å²) in [5, 5.41) is 11.0. The highest BCUT2D eigenvalue weighted by molar-refractivity contribution is 9.10. The Morgan fingerprint density at radius 3 is 2.94 bits per heavy atom. The molecule has 1 fully saturated rings. The molecule has 0 bridgehead atoms. The summed E-state index contributed by atoms with van der Waals surface area (Å²) in [5.41, 5.74) is 0.715. The van der Waals surface area contributed by atoms with Gasteiger partial charge in [0.2, 0.25) is 0 Å². The molecule has 0 saturated carbocycles. The van der Waals surface area contributed by atoms with Crippen molar-refractivity contribution in [3.63, 3.8) is 0 Å². The topological polar surface area (TPSA) is 38.7 Å². The molecule has 0 radical (unpaired) electrons. The normalized spacial score (nSPS) is 21.7. The van der Waals surface area contributed by atoms with Crippen LogP contribution < -0.4 is 4.74 Å². The molecule has 1 N–H and O–H groups in total. The van der Waals surface area contributed by atoms with E-state index in [1.807, 2.05) is 0 Å². The van der Waals surface area contributed by atoms with Gasteiger partial charge in [-0.15, -0.1) is 0 Å². The molecule has 1 heterocycles. The van der Waals surface area contributed by atoms with E-state index in [-0.39, 0.29) is 5.92 Å². The predicted octanol–water partition coefficient (Wildman–Crippen LogP) is 3.57. The first kappa shape index (κ1) is 14.1. The minimum Gasteiger partial charge on any atom is -0.495 e. The summed E-state index contributed by atoms with van der Waals surface area (Å²) >= 11 is 9.43. The van der Waals surface area contributed by atoms with Crippen LogP contribution >= 0.6 is 27.5 Å². The number of aliphatic hydroxyl groups is 1. The Bertz CT molecular complexity index is 419. The molecule has 2 rings (SSSR count). The Labute approximate surface area is 120 Å². The summed E-state index contributed by atoms with van der Waals surface area (Å²) in [7, 11) is 1.58. The number of hydrogen-bond acceptors (Lipinski definition) is 3. The van der Waals surface area contributed by atoms with Gasteiger partial charge in [0.05, 0.1) is 24.3 Å². The highest BCUT2D eigenvalue weighted by Gasteiger charge is 2.27. The SMILES string of the molecule is COc1c(Br)cc(Cl)cc1C(O)C1CCCOC1. The number of aliphatic hydroxyl groups excluding tert-OH is 1. The standard InChI is InChI=1S/C13H16BrClO3/c1-17-13-10(5-9(15)6-11(13)14)12(16)8-3-2-4-18-7-8/h5-6,8,12,16H,2-4,7H2,1H3. The van der Waals surface area contributed by atoms with E-state index >= 15 is 0 Å². The molecule has 3 nitrogen and oxygen atoms in total. The van der Waals surface area contributed by atoms with E-state index in [2.05, 4.69) is 15.9 Å². The van der Waals surface area contributed by atoms with Gasteiger partial charge in [0.1, 0.15) is 5.75 Å². The van der Waals surface area contributed by atoms with E-state index < -0.39 is 6.10 Å². The van der Waals surface area contributed by atoms with Crippen LogP contribution in [0.3, 0.4) is 0 Å². The molecule has 0 aliphatic carbocycles. The molecule has 0 aromatic heterocycles. The summed E-state index contributed by atoms with van der Waals surface area (Å²) in [6, 6.07) is 3.51. The third-order valence-corrected chi connectivity index (χ3v) is 4.01. The van der Waals surface area contributed by atoms with Crippen LogP contribution in [0.5, 0.6) is 5.75 Å². The lowest BCUT2D eigenvalue weighted by Gasteiger charge is -2.28. The van der Waals surface area contributed by atoms with Crippen molar-refractivity contribution in [3.8, 4) is 5.75 Å². The molecule has 1 saturated heterocycles. The smallest absolute Gasteiger partial charge is 0.138 e. The summed E-state index contributed by atoms with van der Waals surface area (Å²) in [4.78, 5) is 0. The number of rotatable bonds is 3. The lowest BCUT2D eigenvalue weighted by molar-refractivity contribution is -0.0107. The number of ether oxygens (including phenoxy) is 2. The Hall–Kier alpha value is -0.290. The predicted molar refractivity (Wildman–Crippen MR) is 74.2 cm³/mol. The van der Waals surface area contributed by atoms with Gasteiger partial charge in [-0.2, -0.15) is 0 Å². The van der Waals surface area contributed by atoms with Crippen molar-refractivity contribution in [2.24, 2.45) is 5.92 Å². The van der Waals surface area contributed by atoms with Crippen LogP contribution in [0.2, 0.25) is 5.02 Å². The first-order valence-electron chi connectivity index (χ1n) is 5.92. The van der Waals surface area contributed by atoms with E-state index in [1.165, 1.54) is 0 Å². The van der Waals surface area contributed by atoms with Crippen molar-refractivity contribution in [2.45, 2.75) is 18.9 Å². The fraction of sp³-hybridized carbons (Fsp3) is 0.538. The molecular weight excluding hydrogens is 319 g/mol. The molecule has 1 aromatic carbocycles. The van der Waals surface area contributed by atoms with Crippen LogP contribution in [-0.4, -0.2) is 25.4 Å². The second kappa shape index (κ2) is 6.24. The van der Waals surface area contributed by atoms with Crippen molar-refractivity contribution in [2.75, 3.05) is 20.3 Å². The zero-order valence-electron chi connectivity index (χ0n) is 10.2. The Balaban J connectivity index is 2.30. The molecule has 0 spiro atoms. The van der Waals surface area contributed by atoms with E-state index in [0.717, 1.165) is 23.9 Å². The van der Waals surface area contributed by atoms with E-state index in [0.29, 0.717) is 22.9 Å². The molecule has 1 aliphatic heterocycles. The monoisotopic (exact) mass is 334 g/mol. The Morgan fingerprint density at radius 2 is 2.33 bits per heavy atom. The fourth-order valence-electron chi connectivity index (χ4n) is 2.28. The average Bonchev–Trinajstić information content (AvgIpc) is 2.38. The summed E-state index contributed by atoms with van der Waals surface area (Å²) in [6.07, 6.45) is 1.32. The van der Waals surface area contributed by atoms with Crippen molar-refractivity contribution in [3.05, 3.63) is 27.2 Å². The molecule has 2 atom stereocenters. The largest absolute Gasteiger partial charge is 0.495 e. The first-order valence-corrected chi connectivity index (χ1v) is 7.09. The number of hydrogen-bond donors (Lipinski definition) is 1. The van der Waals surface area contributed by atoms with E-state index in [9.17, 15) is 5.11 Å². The lowest BCUT2D eigenvalue weighted by atomic mass is 9.90. The highest BCUT2D eigenvalue weighted by Crippen LogP contribution is 2.40. The Morgan fingerprint density at radius 1 is 1.56 bits per heavy atom. The van der Waals surface area contributed by atoms with Gasteiger partial charge in [-0.1, -0.05) is 11.6 Å². The van der Waals surface area contributed by atoms with Crippen LogP contribution in [0.25, 0.3) is 0 Å². The van der Waals surface area contributed by atoms with Crippen molar-refractivity contribution in [1.82, 2.24) is 0 Å². The van der Waals surface area contributed by atoms with Crippen LogP contribution in [-0.2, 0) is 4.74 Å². The zero-order valence-corrected chi connectivity index (χ0v) is 12.5. The van der Waals surface area contributed by atoms with Gasteiger partial charge < -0.3 is 14.6 Å². The second-order valence-corrected chi connectivity index (χ2v) is 5.72. The van der Waals surface area contributed by atoms with Crippen molar-refractivity contribution < 1.29 is 14.6 Å². The van der Waals surface area contributed by atoms with E-state index in [1.54, 1.807) is 19.2 Å². The Kier molecular flexibility index (Phi) is 4.90. The number of benzene rings is 1. The quantitative estimate of drug-likeness (QED) is 0.918. The molecule has 100 valence electrons. The van der Waals surface area contributed by atoms with Gasteiger partial charge in [-0.25, -0.2) is 0 Å². The molecule has 18 heavy (non-hydrogen) atoms. The van der Waals surface area contributed by atoms with Crippen LogP contribution in [0, 0.1) is 5.92 Å². The first-order chi connectivity index (χ1) is 8.63. The average molecular weight is 336 g/mol. The van der Waals surface area contributed by atoms with Gasteiger partial charge in [0.15, 0.2) is 0 Å². The van der Waals surface area contributed by atoms with Crippen molar-refractivity contribution in [1.29, 1.82) is 0 Å². The fourth-order valence-corrected chi connectivity index (χ4v) is 3.28. The molecule has 5 heteroatoms. The highest BCUT2D eigenvalue weighted by atomic mass is 79.9. The van der Waals surface area contributed by atoms with Gasteiger partial charge in [-0.05, 0) is 40.9 Å². The number of halogens is 2. The zero-order chi connectivity index (χ0) is 13.1. The second-order valence-electron chi connectivity index (χ2n) is 4.43. The lowest BCUT2D eigenvalue weighted by Crippen LogP contribution is -2.24. The van der Waals surface area contributed by atoms with Crippen LogP contribution in [0.15, 0.2) is 16.6 Å². The number of methoxy groups -OCH3 is 1. The molecule has 2 unspecified atom stereocenters. The third-order valence-electron chi connectivity index (χ3n) is 3.20. The van der Waals surface area contributed by atoms with Gasteiger partial charge in [-0.3, -0.25) is 0 Å². The maximum Gasteiger partial charge on any atom is 0.138 e. The van der Waals surface area contributed by atoms with Crippen LogP contribution in [0.4, 0.5) is 0 Å². The minimum absolute atomic E-state index is 0.0954. The van der Waals surface area contributed by atoms with Gasteiger partial charge in [0.25, 0.3) is 0 Å². The third kappa shape index (κ3) is 2.99. The van der Waals surface area contributed by atoms with Gasteiger partial charge >= 0.3 is 0 Å². The minimum atomic E-state index is -0.616. The summed E-state index contributed by atoms with van der Waals surface area (Å²) in [6.45, 7) is 1.36. The van der Waals surface area contributed by atoms with Crippen molar-refractivity contribution >= 4 is 27.5 Å². The maximum atomic E-state index is 10.5. The van der Waals surface area contributed by atoms with E-state index in [4.69, 9.17) is 21.1 Å². The summed E-state index contributed by atoms with van der Waals surface area (Å²) in [5.74, 6) is 0.732. The van der Waals surface area contributed by atoms with Crippen LogP contribution in [0.1, 0.15) is 24.5 Å².